The van der Waals surface area contributed by atoms with Crippen LogP contribution in [-0.2, 0) is 19.3 Å². The predicted molar refractivity (Wildman–Crippen MR) is 110 cm³/mol. The normalized spacial score (nSPS) is 26.3. The first-order chi connectivity index (χ1) is 15.0. The molecular weight excluding hydrogens is 448 g/mol. The zero-order valence-corrected chi connectivity index (χ0v) is 17.2. The molecular formula is C20H22O11S. The van der Waals surface area contributed by atoms with Gasteiger partial charge >= 0.3 is 10.4 Å². The van der Waals surface area contributed by atoms with Gasteiger partial charge < -0.3 is 35.0 Å². The van der Waals surface area contributed by atoms with Crippen molar-refractivity contribution in [2.45, 2.75) is 30.7 Å². The van der Waals surface area contributed by atoms with Crippen molar-refractivity contribution in [3.8, 4) is 17.2 Å². The van der Waals surface area contributed by atoms with Crippen molar-refractivity contribution in [3.05, 3.63) is 53.6 Å². The average molecular weight is 470 g/mol. The van der Waals surface area contributed by atoms with E-state index in [4.69, 9.17) is 14.0 Å². The molecule has 1 aliphatic heterocycles. The number of aromatic hydroxyl groups is 2. The number of ether oxygens (including phenoxy) is 2. The van der Waals surface area contributed by atoms with Gasteiger partial charge in [0, 0.05) is 6.07 Å². The van der Waals surface area contributed by atoms with Crippen molar-refractivity contribution in [2.75, 3.05) is 6.61 Å². The van der Waals surface area contributed by atoms with Crippen LogP contribution in [0.1, 0.15) is 11.1 Å². The average Bonchev–Trinajstić information content (AvgIpc) is 2.72. The van der Waals surface area contributed by atoms with Gasteiger partial charge in [0.05, 0.1) is 6.61 Å². The van der Waals surface area contributed by atoms with Crippen molar-refractivity contribution < 1.29 is 52.2 Å². The molecule has 0 radical (unpaired) electrons. The Bertz CT molecular complexity index is 1050. The highest BCUT2D eigenvalue weighted by Crippen LogP contribution is 2.28. The van der Waals surface area contributed by atoms with E-state index in [0.717, 1.165) is 5.56 Å². The van der Waals surface area contributed by atoms with E-state index in [0.29, 0.717) is 5.56 Å². The number of hydrogen-bond acceptors (Lipinski definition) is 10. The third-order valence-electron chi connectivity index (χ3n) is 4.58. The van der Waals surface area contributed by atoms with Crippen LogP contribution < -0.4 is 4.74 Å². The van der Waals surface area contributed by atoms with Gasteiger partial charge in [-0.2, -0.15) is 8.42 Å². The Kier molecular flexibility index (Phi) is 7.36. The standard InChI is InChI=1S/C20H22O11S/c21-13-5-3-11(4-6-13)1-2-12-7-14(22)9-15(8-12)30-20-19(25)18(24)17(23)16(31-20)10-29-32(26,27)28/h1-9,16-25H,10H2,(H,26,27,28)/b2-1-/t16-,17-,18+,19-,20-/m1/s1. The molecule has 32 heavy (non-hydrogen) atoms. The fourth-order valence-electron chi connectivity index (χ4n) is 2.99. The highest BCUT2D eigenvalue weighted by atomic mass is 32.3. The first-order valence-electron chi connectivity index (χ1n) is 9.31. The molecule has 1 aliphatic rings. The van der Waals surface area contributed by atoms with Crippen molar-refractivity contribution in [1.82, 2.24) is 0 Å². The van der Waals surface area contributed by atoms with Crippen LogP contribution in [0.2, 0.25) is 0 Å². The van der Waals surface area contributed by atoms with Crippen molar-refractivity contribution >= 4 is 22.6 Å². The third kappa shape index (κ3) is 6.40. The summed E-state index contributed by atoms with van der Waals surface area (Å²) in [4.78, 5) is 0. The lowest BCUT2D eigenvalue weighted by Gasteiger charge is -2.39. The molecule has 0 unspecified atom stereocenters. The van der Waals surface area contributed by atoms with Gasteiger partial charge in [0.2, 0.25) is 6.29 Å². The van der Waals surface area contributed by atoms with E-state index < -0.39 is 47.7 Å². The van der Waals surface area contributed by atoms with E-state index in [1.807, 2.05) is 0 Å². The summed E-state index contributed by atoms with van der Waals surface area (Å²) in [6, 6.07) is 10.5. The van der Waals surface area contributed by atoms with Crippen molar-refractivity contribution in [3.63, 3.8) is 0 Å². The highest BCUT2D eigenvalue weighted by Gasteiger charge is 2.45. The van der Waals surface area contributed by atoms with Gasteiger partial charge in [-0.3, -0.25) is 4.55 Å². The Morgan fingerprint density at radius 1 is 0.875 bits per heavy atom. The molecule has 0 aromatic heterocycles. The van der Waals surface area contributed by atoms with Crippen LogP contribution in [0.15, 0.2) is 42.5 Å². The molecule has 1 fully saturated rings. The molecule has 2 aromatic carbocycles. The second-order valence-electron chi connectivity index (χ2n) is 7.03. The fourth-order valence-corrected chi connectivity index (χ4v) is 3.29. The summed E-state index contributed by atoms with van der Waals surface area (Å²) in [5, 5.41) is 49.5. The molecule has 5 atom stereocenters. The molecule has 1 heterocycles. The summed E-state index contributed by atoms with van der Waals surface area (Å²) in [5.41, 5.74) is 1.28. The van der Waals surface area contributed by atoms with Gasteiger partial charge in [-0.15, -0.1) is 0 Å². The summed E-state index contributed by atoms with van der Waals surface area (Å²) in [6.45, 7) is -0.843. The molecule has 3 rings (SSSR count). The number of phenolic OH excluding ortho intramolecular Hbond substituents is 2. The van der Waals surface area contributed by atoms with Crippen LogP contribution in [0, 0.1) is 0 Å². The van der Waals surface area contributed by atoms with Gasteiger partial charge in [-0.1, -0.05) is 24.3 Å². The zero-order valence-electron chi connectivity index (χ0n) is 16.4. The molecule has 0 aliphatic carbocycles. The van der Waals surface area contributed by atoms with E-state index in [9.17, 15) is 34.0 Å². The molecule has 2 aromatic rings. The monoisotopic (exact) mass is 470 g/mol. The Balaban J connectivity index is 1.75. The molecule has 0 bridgehead atoms. The molecule has 0 saturated carbocycles. The number of benzene rings is 2. The predicted octanol–water partition coefficient (Wildman–Crippen LogP) is 0.274. The summed E-state index contributed by atoms with van der Waals surface area (Å²) < 4.78 is 45.2. The Morgan fingerprint density at radius 2 is 1.53 bits per heavy atom. The van der Waals surface area contributed by atoms with Gasteiger partial charge in [0.25, 0.3) is 0 Å². The zero-order chi connectivity index (χ0) is 23.5. The summed E-state index contributed by atoms with van der Waals surface area (Å²) in [6.07, 6.45) is -4.85. The lowest BCUT2D eigenvalue weighted by molar-refractivity contribution is -0.276. The largest absolute Gasteiger partial charge is 0.508 e. The molecule has 174 valence electrons. The van der Waals surface area contributed by atoms with E-state index in [1.54, 1.807) is 24.3 Å². The van der Waals surface area contributed by atoms with Crippen LogP contribution in [0.25, 0.3) is 12.2 Å². The topological polar surface area (TPSA) is 183 Å². The first-order valence-corrected chi connectivity index (χ1v) is 10.7. The van der Waals surface area contributed by atoms with E-state index in [1.165, 1.54) is 30.3 Å². The first kappa shape index (κ1) is 23.9. The summed E-state index contributed by atoms with van der Waals surface area (Å²) in [7, 11) is -4.83. The SMILES string of the molecule is O=S(=O)(O)OC[C@H]1O[C@@H](Oc2cc(O)cc(/C=C\c3ccc(O)cc3)c2)[C@H](O)[C@@H](O)[C@@H]1O. The van der Waals surface area contributed by atoms with Crippen LogP contribution >= 0.6 is 0 Å². The number of aliphatic hydroxyl groups excluding tert-OH is 3. The van der Waals surface area contributed by atoms with Gasteiger partial charge in [0.1, 0.15) is 41.7 Å². The van der Waals surface area contributed by atoms with Crippen LogP contribution in [-0.4, -0.2) is 75.8 Å². The van der Waals surface area contributed by atoms with Gasteiger partial charge in [0.15, 0.2) is 0 Å². The molecule has 0 amide bonds. The molecule has 11 nitrogen and oxygen atoms in total. The van der Waals surface area contributed by atoms with Crippen molar-refractivity contribution in [1.29, 1.82) is 0 Å². The van der Waals surface area contributed by atoms with Crippen LogP contribution in [0.3, 0.4) is 0 Å². The molecule has 1 saturated heterocycles. The van der Waals surface area contributed by atoms with E-state index in [2.05, 4.69) is 4.18 Å². The minimum atomic E-state index is -4.83. The van der Waals surface area contributed by atoms with Crippen molar-refractivity contribution in [2.24, 2.45) is 0 Å². The minimum Gasteiger partial charge on any atom is -0.508 e. The Morgan fingerprint density at radius 3 is 2.19 bits per heavy atom. The Hall–Kier alpha value is -2.71. The summed E-state index contributed by atoms with van der Waals surface area (Å²) in [5.74, 6) is -0.0173. The maximum absolute atomic E-state index is 10.8. The van der Waals surface area contributed by atoms with E-state index >= 15 is 0 Å². The quantitative estimate of drug-likeness (QED) is 0.241. The number of rotatable bonds is 7. The molecule has 12 heteroatoms. The second-order valence-corrected chi connectivity index (χ2v) is 8.12. The van der Waals surface area contributed by atoms with Crippen LogP contribution in [0.5, 0.6) is 17.2 Å². The van der Waals surface area contributed by atoms with Gasteiger partial charge in [-0.25, -0.2) is 4.18 Å². The second kappa shape index (κ2) is 9.83. The lowest BCUT2D eigenvalue weighted by atomic mass is 9.99. The third-order valence-corrected chi connectivity index (χ3v) is 5.01. The smallest absolute Gasteiger partial charge is 0.397 e. The number of hydrogen-bond donors (Lipinski definition) is 6. The van der Waals surface area contributed by atoms with Crippen LogP contribution in [0.4, 0.5) is 0 Å². The number of aliphatic hydroxyl groups is 3. The maximum atomic E-state index is 10.8. The summed E-state index contributed by atoms with van der Waals surface area (Å²) >= 11 is 0. The number of phenols is 2. The maximum Gasteiger partial charge on any atom is 0.397 e. The minimum absolute atomic E-state index is 0.0393. The lowest BCUT2D eigenvalue weighted by Crippen LogP contribution is -2.60. The van der Waals surface area contributed by atoms with Gasteiger partial charge in [-0.05, 0) is 35.4 Å². The highest BCUT2D eigenvalue weighted by molar-refractivity contribution is 7.80. The molecule has 6 N–H and O–H groups in total. The molecule has 0 spiro atoms. The fraction of sp³-hybridized carbons (Fsp3) is 0.300. The Labute approximate surface area is 183 Å². The van der Waals surface area contributed by atoms with E-state index in [-0.39, 0.29) is 17.2 Å².